The van der Waals surface area contributed by atoms with Crippen LogP contribution in [0.3, 0.4) is 0 Å². The highest BCUT2D eigenvalue weighted by molar-refractivity contribution is 6.21. The highest BCUT2D eigenvalue weighted by Crippen LogP contribution is 2.43. The van der Waals surface area contributed by atoms with Gasteiger partial charge in [0.25, 0.3) is 0 Å². The molecule has 6 aromatic rings. The van der Waals surface area contributed by atoms with E-state index in [9.17, 15) is 5.11 Å². The number of phenolic OH excluding ortho intramolecular Hbond substituents is 1. The molecule has 0 radical (unpaired) electrons. The third kappa shape index (κ3) is 2.86. The van der Waals surface area contributed by atoms with Crippen LogP contribution in [0.15, 0.2) is 115 Å². The van der Waals surface area contributed by atoms with Crippen LogP contribution < -0.4 is 0 Å². The van der Waals surface area contributed by atoms with Crippen LogP contribution in [0.4, 0.5) is 0 Å². The minimum atomic E-state index is 0.291. The van der Waals surface area contributed by atoms with E-state index in [0.29, 0.717) is 5.75 Å². The first-order valence-corrected chi connectivity index (χ1v) is 10.5. The Hall–Kier alpha value is -4.10. The van der Waals surface area contributed by atoms with Crippen molar-refractivity contribution in [3.63, 3.8) is 0 Å². The van der Waals surface area contributed by atoms with Crippen LogP contribution in [0.1, 0.15) is 0 Å². The minimum absolute atomic E-state index is 0.291. The van der Waals surface area contributed by atoms with Crippen molar-refractivity contribution in [1.29, 1.82) is 0 Å². The second-order valence-corrected chi connectivity index (χ2v) is 7.95. The first-order chi connectivity index (χ1) is 15.3. The van der Waals surface area contributed by atoms with Crippen molar-refractivity contribution in [3.8, 4) is 28.0 Å². The molecule has 0 aliphatic carbocycles. The molecule has 0 unspecified atom stereocenters. The van der Waals surface area contributed by atoms with E-state index in [4.69, 9.17) is 0 Å². The molecule has 6 aromatic carbocycles. The lowest BCUT2D eigenvalue weighted by atomic mass is 9.85. The van der Waals surface area contributed by atoms with Gasteiger partial charge in [-0.3, -0.25) is 0 Å². The van der Waals surface area contributed by atoms with Gasteiger partial charge in [0.15, 0.2) is 0 Å². The Morgan fingerprint density at radius 1 is 0.387 bits per heavy atom. The Bertz CT molecular complexity index is 1520. The van der Waals surface area contributed by atoms with Gasteiger partial charge in [-0.1, -0.05) is 97.1 Å². The summed E-state index contributed by atoms with van der Waals surface area (Å²) in [5, 5.41) is 17.1. The zero-order chi connectivity index (χ0) is 20.8. The number of rotatable bonds is 2. The summed E-state index contributed by atoms with van der Waals surface area (Å²) in [7, 11) is 0. The predicted octanol–water partition coefficient (Wildman–Crippen LogP) is 8.19. The maximum atomic E-state index is 10.00. The van der Waals surface area contributed by atoms with Crippen LogP contribution in [0.2, 0.25) is 0 Å². The van der Waals surface area contributed by atoms with Crippen molar-refractivity contribution < 1.29 is 5.11 Å². The summed E-state index contributed by atoms with van der Waals surface area (Å²) < 4.78 is 0. The zero-order valence-electron chi connectivity index (χ0n) is 16.9. The number of hydrogen-bond donors (Lipinski definition) is 1. The SMILES string of the molecule is Oc1ccc2ccc(-c3c4ccccc4c(-c4ccccc4)c4ccccc34)cc2c1. The predicted molar refractivity (Wildman–Crippen MR) is 131 cm³/mol. The molecule has 0 heterocycles. The monoisotopic (exact) mass is 396 g/mol. The van der Waals surface area contributed by atoms with E-state index in [2.05, 4.69) is 97.1 Å². The van der Waals surface area contributed by atoms with Crippen LogP contribution in [0.25, 0.3) is 54.6 Å². The largest absolute Gasteiger partial charge is 0.508 e. The number of hydrogen-bond acceptors (Lipinski definition) is 1. The van der Waals surface area contributed by atoms with E-state index in [0.717, 1.165) is 16.3 Å². The van der Waals surface area contributed by atoms with Gasteiger partial charge in [-0.2, -0.15) is 0 Å². The first kappa shape index (κ1) is 17.7. The Balaban J connectivity index is 1.77. The quantitative estimate of drug-likeness (QED) is 0.293. The van der Waals surface area contributed by atoms with Crippen LogP contribution in [0.5, 0.6) is 5.75 Å². The summed E-state index contributed by atoms with van der Waals surface area (Å²) in [5.41, 5.74) is 4.89. The van der Waals surface area contributed by atoms with Crippen LogP contribution in [-0.2, 0) is 0 Å². The molecule has 6 rings (SSSR count). The third-order valence-corrected chi connectivity index (χ3v) is 6.11. The molecule has 146 valence electrons. The average molecular weight is 396 g/mol. The number of phenols is 1. The van der Waals surface area contributed by atoms with E-state index in [-0.39, 0.29) is 0 Å². The molecule has 0 fully saturated rings. The molecule has 1 N–H and O–H groups in total. The number of fused-ring (bicyclic) bond motifs is 3. The van der Waals surface area contributed by atoms with Gasteiger partial charge < -0.3 is 5.11 Å². The summed E-state index contributed by atoms with van der Waals surface area (Å²) in [6.45, 7) is 0. The summed E-state index contributed by atoms with van der Waals surface area (Å²) in [6, 6.07) is 40.0. The molecule has 0 bridgehead atoms. The number of aromatic hydroxyl groups is 1. The summed E-state index contributed by atoms with van der Waals surface area (Å²) in [4.78, 5) is 0. The molecule has 0 saturated carbocycles. The van der Waals surface area contributed by atoms with Gasteiger partial charge in [0, 0.05) is 0 Å². The molecule has 0 aliphatic rings. The fraction of sp³-hybridized carbons (Fsp3) is 0. The Kier molecular flexibility index (Phi) is 4.00. The third-order valence-electron chi connectivity index (χ3n) is 6.11. The summed E-state index contributed by atoms with van der Waals surface area (Å²) in [6.07, 6.45) is 0. The summed E-state index contributed by atoms with van der Waals surface area (Å²) in [5.74, 6) is 0.291. The molecule has 0 atom stereocenters. The Morgan fingerprint density at radius 3 is 1.52 bits per heavy atom. The normalized spacial score (nSPS) is 11.4. The molecule has 0 saturated heterocycles. The van der Waals surface area contributed by atoms with Gasteiger partial charge in [-0.25, -0.2) is 0 Å². The average Bonchev–Trinajstić information content (AvgIpc) is 2.82. The molecular formula is C30H20O. The van der Waals surface area contributed by atoms with Crippen molar-refractivity contribution in [2.45, 2.75) is 0 Å². The lowest BCUT2D eigenvalue weighted by Crippen LogP contribution is -1.90. The molecule has 31 heavy (non-hydrogen) atoms. The van der Waals surface area contributed by atoms with E-state index in [1.807, 2.05) is 12.1 Å². The second kappa shape index (κ2) is 7.00. The topological polar surface area (TPSA) is 20.2 Å². The molecular weight excluding hydrogens is 376 g/mol. The van der Waals surface area contributed by atoms with E-state index in [1.165, 1.54) is 38.2 Å². The Labute approximate surface area is 180 Å². The molecule has 1 nitrogen and oxygen atoms in total. The standard InChI is InChI=1S/C30H20O/c31-24-17-16-20-14-15-22(18-23(20)19-24)30-27-12-6-4-10-25(27)29(21-8-2-1-3-9-21)26-11-5-7-13-28(26)30/h1-19,31H. The smallest absolute Gasteiger partial charge is 0.116 e. The number of benzene rings is 6. The molecule has 0 aliphatic heterocycles. The fourth-order valence-corrected chi connectivity index (χ4v) is 4.74. The van der Waals surface area contributed by atoms with Gasteiger partial charge in [0.05, 0.1) is 0 Å². The maximum Gasteiger partial charge on any atom is 0.116 e. The Morgan fingerprint density at radius 2 is 0.903 bits per heavy atom. The maximum absolute atomic E-state index is 10.00. The molecule has 0 spiro atoms. The van der Waals surface area contributed by atoms with Gasteiger partial charge in [0.2, 0.25) is 0 Å². The fourth-order valence-electron chi connectivity index (χ4n) is 4.74. The molecule has 0 aromatic heterocycles. The van der Waals surface area contributed by atoms with Crippen molar-refractivity contribution in [2.24, 2.45) is 0 Å². The second-order valence-electron chi connectivity index (χ2n) is 7.95. The van der Waals surface area contributed by atoms with Crippen LogP contribution in [-0.4, -0.2) is 5.11 Å². The van der Waals surface area contributed by atoms with E-state index in [1.54, 1.807) is 6.07 Å². The summed E-state index contributed by atoms with van der Waals surface area (Å²) >= 11 is 0. The van der Waals surface area contributed by atoms with Crippen molar-refractivity contribution in [2.75, 3.05) is 0 Å². The van der Waals surface area contributed by atoms with Gasteiger partial charge >= 0.3 is 0 Å². The van der Waals surface area contributed by atoms with Crippen LogP contribution in [0, 0.1) is 0 Å². The van der Waals surface area contributed by atoms with E-state index < -0.39 is 0 Å². The van der Waals surface area contributed by atoms with Gasteiger partial charge in [0.1, 0.15) is 5.75 Å². The van der Waals surface area contributed by atoms with Gasteiger partial charge in [-0.15, -0.1) is 0 Å². The lowest BCUT2D eigenvalue weighted by molar-refractivity contribution is 0.476. The highest BCUT2D eigenvalue weighted by Gasteiger charge is 2.16. The van der Waals surface area contributed by atoms with Gasteiger partial charge in [-0.05, 0) is 72.8 Å². The minimum Gasteiger partial charge on any atom is -0.508 e. The molecule has 0 amide bonds. The first-order valence-electron chi connectivity index (χ1n) is 10.5. The van der Waals surface area contributed by atoms with Crippen molar-refractivity contribution >= 4 is 32.3 Å². The molecule has 1 heteroatoms. The lowest BCUT2D eigenvalue weighted by Gasteiger charge is -2.18. The van der Waals surface area contributed by atoms with Crippen molar-refractivity contribution in [1.82, 2.24) is 0 Å². The highest BCUT2D eigenvalue weighted by atomic mass is 16.3. The van der Waals surface area contributed by atoms with Crippen molar-refractivity contribution in [3.05, 3.63) is 115 Å². The van der Waals surface area contributed by atoms with E-state index >= 15 is 0 Å². The van der Waals surface area contributed by atoms with Crippen LogP contribution >= 0.6 is 0 Å². The zero-order valence-corrected chi connectivity index (χ0v) is 16.9.